The minimum Gasteiger partial charge on any atom is -0.506 e. The summed E-state index contributed by atoms with van der Waals surface area (Å²) in [5, 5.41) is 28.6. The summed E-state index contributed by atoms with van der Waals surface area (Å²) in [6, 6.07) is 0. The van der Waals surface area contributed by atoms with Gasteiger partial charge in [0.25, 0.3) is 0 Å². The van der Waals surface area contributed by atoms with Crippen LogP contribution < -0.4 is 0 Å². The molecule has 0 bridgehead atoms. The quantitative estimate of drug-likeness (QED) is 0.699. The van der Waals surface area contributed by atoms with Gasteiger partial charge in [0.05, 0.1) is 11.3 Å². The van der Waals surface area contributed by atoms with E-state index in [1.54, 1.807) is 13.1 Å². The van der Waals surface area contributed by atoms with E-state index in [1.807, 2.05) is 11.8 Å². The van der Waals surface area contributed by atoms with E-state index >= 15 is 0 Å². The van der Waals surface area contributed by atoms with E-state index in [0.29, 0.717) is 17.8 Å². The zero-order chi connectivity index (χ0) is 13.1. The van der Waals surface area contributed by atoms with Gasteiger partial charge in [-0.25, -0.2) is 0 Å². The van der Waals surface area contributed by atoms with E-state index in [1.165, 1.54) is 0 Å². The van der Waals surface area contributed by atoms with Gasteiger partial charge in [0.1, 0.15) is 5.75 Å². The molecule has 1 aromatic rings. The molecule has 1 fully saturated rings. The van der Waals surface area contributed by atoms with Crippen LogP contribution in [0.2, 0.25) is 0 Å². The first-order valence-electron chi connectivity index (χ1n) is 5.93. The molecule has 0 saturated carbocycles. The Hall–Kier alpha value is -0.820. The number of nitrogens with zero attached hydrogens (tertiary/aromatic N) is 2. The maximum absolute atomic E-state index is 9.87. The summed E-state index contributed by atoms with van der Waals surface area (Å²) >= 11 is 1.92. The summed E-state index contributed by atoms with van der Waals surface area (Å²) in [4.78, 5) is 6.31. The Morgan fingerprint density at radius 3 is 2.67 bits per heavy atom. The summed E-state index contributed by atoms with van der Waals surface area (Å²) in [7, 11) is 0. The van der Waals surface area contributed by atoms with Crippen molar-refractivity contribution in [1.82, 2.24) is 9.88 Å². The third-order valence-corrected chi connectivity index (χ3v) is 4.06. The molecule has 0 aliphatic carbocycles. The van der Waals surface area contributed by atoms with Crippen LogP contribution in [0.4, 0.5) is 0 Å². The fourth-order valence-electron chi connectivity index (χ4n) is 2.07. The highest BCUT2D eigenvalue weighted by atomic mass is 32.2. The van der Waals surface area contributed by atoms with Gasteiger partial charge in [-0.15, -0.1) is 0 Å². The summed E-state index contributed by atoms with van der Waals surface area (Å²) < 4.78 is 0. The van der Waals surface area contributed by atoms with Crippen molar-refractivity contribution < 1.29 is 15.3 Å². The predicted octanol–water partition coefficient (Wildman–Crippen LogP) is 0.628. The molecule has 0 atom stereocenters. The van der Waals surface area contributed by atoms with Crippen LogP contribution in [0.1, 0.15) is 23.1 Å². The highest BCUT2D eigenvalue weighted by Gasteiger charge is 2.20. The van der Waals surface area contributed by atoms with Crippen molar-refractivity contribution in [3.8, 4) is 5.75 Å². The van der Waals surface area contributed by atoms with Gasteiger partial charge in [-0.1, -0.05) is 0 Å². The average molecular weight is 270 g/mol. The molecule has 0 spiro atoms. The summed E-state index contributed by atoms with van der Waals surface area (Å²) in [5.41, 5.74) is 1.27. The van der Waals surface area contributed by atoms with Crippen LogP contribution in [-0.2, 0) is 6.54 Å². The molecule has 0 amide bonds. The zero-order valence-electron chi connectivity index (χ0n) is 10.3. The van der Waals surface area contributed by atoms with E-state index in [-0.39, 0.29) is 11.3 Å². The van der Waals surface area contributed by atoms with E-state index in [2.05, 4.69) is 9.88 Å². The number of pyridine rings is 1. The second-order valence-electron chi connectivity index (χ2n) is 4.39. The number of rotatable bonds is 3. The molecule has 18 heavy (non-hydrogen) atoms. The molecule has 100 valence electrons. The van der Waals surface area contributed by atoms with Crippen LogP contribution in [0.25, 0.3) is 0 Å². The molecule has 2 heterocycles. The fraction of sp³-hybridized carbons (Fsp3) is 0.583. The Kier molecular flexibility index (Phi) is 4.45. The summed E-state index contributed by atoms with van der Waals surface area (Å²) in [6.07, 6.45) is -0.0492. The highest BCUT2D eigenvalue weighted by molar-refractivity contribution is 7.99. The smallest absolute Gasteiger partial charge is 0.182 e. The number of aliphatic hydroxyl groups excluding tert-OH is 1. The van der Waals surface area contributed by atoms with Gasteiger partial charge in [-0.3, -0.25) is 9.88 Å². The number of aliphatic hydroxyl groups is 2. The van der Waals surface area contributed by atoms with E-state index in [9.17, 15) is 15.3 Å². The van der Waals surface area contributed by atoms with Gasteiger partial charge in [0, 0.05) is 37.3 Å². The lowest BCUT2D eigenvalue weighted by Crippen LogP contribution is -2.32. The third kappa shape index (κ3) is 2.95. The van der Waals surface area contributed by atoms with Crippen molar-refractivity contribution in [3.63, 3.8) is 0 Å². The molecule has 1 aliphatic rings. The van der Waals surface area contributed by atoms with Crippen molar-refractivity contribution >= 4 is 11.8 Å². The first-order valence-corrected chi connectivity index (χ1v) is 7.08. The SMILES string of the molecule is Cc1ncc(CN2CCSCC2)c(C(O)O)c1O. The molecule has 0 unspecified atom stereocenters. The Labute approximate surface area is 110 Å². The van der Waals surface area contributed by atoms with Crippen LogP contribution in [0.5, 0.6) is 5.75 Å². The first kappa shape index (κ1) is 13.6. The number of hydrogen-bond acceptors (Lipinski definition) is 6. The van der Waals surface area contributed by atoms with Crippen LogP contribution >= 0.6 is 11.8 Å². The number of aromatic hydroxyl groups is 1. The maximum atomic E-state index is 9.87. The third-order valence-electron chi connectivity index (χ3n) is 3.11. The number of thioether (sulfide) groups is 1. The average Bonchev–Trinajstić information content (AvgIpc) is 2.35. The van der Waals surface area contributed by atoms with E-state index in [0.717, 1.165) is 24.6 Å². The Bertz CT molecular complexity index is 420. The number of aryl methyl sites for hydroxylation is 1. The zero-order valence-corrected chi connectivity index (χ0v) is 11.2. The van der Waals surface area contributed by atoms with E-state index < -0.39 is 6.29 Å². The molecule has 0 aromatic carbocycles. The standard InChI is InChI=1S/C12H18N2O3S/c1-8-11(15)10(12(16)17)9(6-13-8)7-14-2-4-18-5-3-14/h6,12,15-17H,2-5,7H2,1H3. The molecule has 2 rings (SSSR count). The van der Waals surface area contributed by atoms with Crippen molar-refractivity contribution in [1.29, 1.82) is 0 Å². The highest BCUT2D eigenvalue weighted by Crippen LogP contribution is 2.29. The van der Waals surface area contributed by atoms with Gasteiger partial charge in [0.15, 0.2) is 6.29 Å². The summed E-state index contributed by atoms with van der Waals surface area (Å²) in [5.74, 6) is 2.05. The molecule has 1 aromatic heterocycles. The summed E-state index contributed by atoms with van der Waals surface area (Å²) in [6.45, 7) is 4.18. The van der Waals surface area contributed by atoms with Gasteiger partial charge >= 0.3 is 0 Å². The van der Waals surface area contributed by atoms with Gasteiger partial charge in [-0.2, -0.15) is 11.8 Å². The second-order valence-corrected chi connectivity index (χ2v) is 5.62. The molecule has 1 saturated heterocycles. The van der Waals surface area contributed by atoms with Gasteiger partial charge in [0.2, 0.25) is 0 Å². The number of aromatic nitrogens is 1. The Morgan fingerprint density at radius 2 is 2.06 bits per heavy atom. The topological polar surface area (TPSA) is 76.8 Å². The lowest BCUT2D eigenvalue weighted by Gasteiger charge is -2.27. The molecule has 5 nitrogen and oxygen atoms in total. The maximum Gasteiger partial charge on any atom is 0.182 e. The lowest BCUT2D eigenvalue weighted by atomic mass is 10.1. The predicted molar refractivity (Wildman–Crippen MR) is 70.4 cm³/mol. The van der Waals surface area contributed by atoms with Crippen LogP contribution in [0, 0.1) is 6.92 Å². The van der Waals surface area contributed by atoms with Crippen LogP contribution in [-0.4, -0.2) is 49.8 Å². The van der Waals surface area contributed by atoms with Crippen LogP contribution in [0.3, 0.4) is 0 Å². The molecule has 0 radical (unpaired) electrons. The monoisotopic (exact) mass is 270 g/mol. The van der Waals surface area contributed by atoms with Gasteiger partial charge < -0.3 is 15.3 Å². The van der Waals surface area contributed by atoms with Crippen molar-refractivity contribution in [2.45, 2.75) is 19.8 Å². The van der Waals surface area contributed by atoms with Crippen LogP contribution in [0.15, 0.2) is 6.20 Å². The fourth-order valence-corrected chi connectivity index (χ4v) is 3.05. The molecular weight excluding hydrogens is 252 g/mol. The minimum absolute atomic E-state index is 0.117. The normalized spacial score (nSPS) is 17.3. The van der Waals surface area contributed by atoms with Crippen molar-refractivity contribution in [2.24, 2.45) is 0 Å². The molecular formula is C12H18N2O3S. The van der Waals surface area contributed by atoms with Crippen molar-refractivity contribution in [2.75, 3.05) is 24.6 Å². The lowest BCUT2D eigenvalue weighted by molar-refractivity contribution is -0.0450. The molecule has 3 N–H and O–H groups in total. The molecule has 1 aliphatic heterocycles. The van der Waals surface area contributed by atoms with Gasteiger partial charge in [-0.05, 0) is 12.5 Å². The second kappa shape index (κ2) is 5.88. The Morgan fingerprint density at radius 1 is 1.39 bits per heavy atom. The largest absolute Gasteiger partial charge is 0.506 e. The van der Waals surface area contributed by atoms with Crippen molar-refractivity contribution in [3.05, 3.63) is 23.0 Å². The minimum atomic E-state index is -1.67. The molecule has 6 heteroatoms. The van der Waals surface area contributed by atoms with E-state index in [4.69, 9.17) is 0 Å². The Balaban J connectivity index is 2.23. The number of hydrogen-bond donors (Lipinski definition) is 3. The first-order chi connectivity index (χ1) is 8.59.